The highest BCUT2D eigenvalue weighted by Crippen LogP contribution is 2.27. The smallest absolute Gasteiger partial charge is 0.317 e. The summed E-state index contributed by atoms with van der Waals surface area (Å²) in [5.74, 6) is 0.390. The molecular weight excluding hydrogens is 392 g/mol. The quantitative estimate of drug-likeness (QED) is 0.492. The highest BCUT2D eigenvalue weighted by atomic mass is 16.5. The zero-order valence-electron chi connectivity index (χ0n) is 18.0. The van der Waals surface area contributed by atoms with Gasteiger partial charge in [0.25, 0.3) is 0 Å². The van der Waals surface area contributed by atoms with Crippen molar-refractivity contribution in [3.8, 4) is 17.5 Å². The summed E-state index contributed by atoms with van der Waals surface area (Å²) >= 11 is 0. The lowest BCUT2D eigenvalue weighted by atomic mass is 10.1. The standard InChI is InChI=1S/C24H26N4O3/c1-25-20-11-7-16(13-22(20)29)5-9-18-15-19(27-24(26-18)31-4)10-6-17-8-12-21(28(2)3)23(30)14-17/h5-15,25,29-30H,1-4H3/b9-5+,10-6+. The Hall–Kier alpha value is -4.00. The van der Waals surface area contributed by atoms with E-state index in [4.69, 9.17) is 4.74 Å². The lowest BCUT2D eigenvalue weighted by Gasteiger charge is -2.14. The molecule has 31 heavy (non-hydrogen) atoms. The number of ether oxygens (including phenoxy) is 1. The van der Waals surface area contributed by atoms with Crippen LogP contribution in [-0.2, 0) is 0 Å². The van der Waals surface area contributed by atoms with Crippen LogP contribution in [0.1, 0.15) is 22.5 Å². The highest BCUT2D eigenvalue weighted by molar-refractivity contribution is 5.74. The van der Waals surface area contributed by atoms with E-state index in [1.165, 1.54) is 7.11 Å². The lowest BCUT2D eigenvalue weighted by Crippen LogP contribution is -2.08. The third kappa shape index (κ3) is 5.54. The molecule has 0 aliphatic carbocycles. The number of hydrogen-bond donors (Lipinski definition) is 3. The average Bonchev–Trinajstić information content (AvgIpc) is 2.76. The van der Waals surface area contributed by atoms with Crippen molar-refractivity contribution in [2.75, 3.05) is 38.5 Å². The van der Waals surface area contributed by atoms with E-state index in [-0.39, 0.29) is 17.5 Å². The number of aromatic nitrogens is 2. The van der Waals surface area contributed by atoms with Crippen LogP contribution in [0.3, 0.4) is 0 Å². The van der Waals surface area contributed by atoms with Crippen molar-refractivity contribution in [2.24, 2.45) is 0 Å². The minimum atomic E-state index is 0.178. The van der Waals surface area contributed by atoms with Gasteiger partial charge in [-0.2, -0.15) is 9.97 Å². The first-order valence-corrected chi connectivity index (χ1v) is 9.70. The van der Waals surface area contributed by atoms with Gasteiger partial charge in [0.1, 0.15) is 11.5 Å². The molecule has 7 nitrogen and oxygen atoms in total. The summed E-state index contributed by atoms with van der Waals surface area (Å²) in [6.45, 7) is 0. The Bertz CT molecular complexity index is 1120. The minimum Gasteiger partial charge on any atom is -0.506 e. The molecule has 1 heterocycles. The maximum absolute atomic E-state index is 10.2. The molecule has 0 atom stereocenters. The largest absolute Gasteiger partial charge is 0.506 e. The Morgan fingerprint density at radius 1 is 0.839 bits per heavy atom. The number of nitrogens with one attached hydrogen (secondary N) is 1. The van der Waals surface area contributed by atoms with Crippen LogP contribution < -0.4 is 15.0 Å². The molecule has 7 heteroatoms. The van der Waals surface area contributed by atoms with E-state index in [2.05, 4.69) is 15.3 Å². The van der Waals surface area contributed by atoms with Gasteiger partial charge in [-0.3, -0.25) is 0 Å². The fourth-order valence-electron chi connectivity index (χ4n) is 2.97. The van der Waals surface area contributed by atoms with Crippen LogP contribution in [-0.4, -0.2) is 48.4 Å². The molecule has 0 spiro atoms. The van der Waals surface area contributed by atoms with Crippen LogP contribution in [0.4, 0.5) is 11.4 Å². The molecule has 0 aliphatic heterocycles. The number of hydrogen-bond acceptors (Lipinski definition) is 7. The number of anilines is 2. The predicted octanol–water partition coefficient (Wildman–Crippen LogP) is 4.34. The van der Waals surface area contributed by atoms with Crippen LogP contribution in [0.2, 0.25) is 0 Å². The molecule has 160 valence electrons. The predicted molar refractivity (Wildman–Crippen MR) is 127 cm³/mol. The molecule has 0 amide bonds. The molecule has 1 aromatic heterocycles. The summed E-state index contributed by atoms with van der Waals surface area (Å²) in [5, 5.41) is 23.1. The van der Waals surface area contributed by atoms with E-state index in [9.17, 15) is 10.2 Å². The second-order valence-electron chi connectivity index (χ2n) is 7.04. The molecule has 3 rings (SSSR count). The molecule has 3 N–H and O–H groups in total. The monoisotopic (exact) mass is 418 g/mol. The highest BCUT2D eigenvalue weighted by Gasteiger charge is 2.05. The van der Waals surface area contributed by atoms with Gasteiger partial charge in [0.15, 0.2) is 0 Å². The van der Waals surface area contributed by atoms with Gasteiger partial charge in [-0.05, 0) is 53.6 Å². The van der Waals surface area contributed by atoms with Gasteiger partial charge < -0.3 is 25.2 Å². The van der Waals surface area contributed by atoms with E-state index in [0.717, 1.165) is 16.8 Å². The van der Waals surface area contributed by atoms with Crippen LogP contribution in [0.5, 0.6) is 17.5 Å². The van der Waals surface area contributed by atoms with E-state index in [1.807, 2.05) is 67.6 Å². The van der Waals surface area contributed by atoms with Crippen molar-refractivity contribution in [1.29, 1.82) is 0 Å². The Kier molecular flexibility index (Phi) is 6.77. The summed E-state index contributed by atoms with van der Waals surface area (Å²) in [7, 11) is 7.03. The third-order valence-electron chi connectivity index (χ3n) is 4.59. The molecule has 2 aromatic carbocycles. The van der Waals surface area contributed by atoms with Crippen molar-refractivity contribution in [1.82, 2.24) is 9.97 Å². The van der Waals surface area contributed by atoms with Crippen LogP contribution >= 0.6 is 0 Å². The summed E-state index contributed by atoms with van der Waals surface area (Å²) in [6, 6.07) is 12.9. The molecule has 0 saturated carbocycles. The number of nitrogens with zero attached hydrogens (tertiary/aromatic N) is 3. The zero-order valence-corrected chi connectivity index (χ0v) is 18.0. The van der Waals surface area contributed by atoms with Gasteiger partial charge in [0, 0.05) is 21.1 Å². The first-order chi connectivity index (χ1) is 14.9. The topological polar surface area (TPSA) is 90.7 Å². The van der Waals surface area contributed by atoms with Crippen LogP contribution in [0.25, 0.3) is 24.3 Å². The van der Waals surface area contributed by atoms with Gasteiger partial charge in [0.05, 0.1) is 29.9 Å². The minimum absolute atomic E-state index is 0.178. The van der Waals surface area contributed by atoms with E-state index >= 15 is 0 Å². The number of phenols is 2. The van der Waals surface area contributed by atoms with E-state index < -0.39 is 0 Å². The molecule has 3 aromatic rings. The van der Waals surface area contributed by atoms with Crippen molar-refractivity contribution in [2.45, 2.75) is 0 Å². The molecular formula is C24H26N4O3. The third-order valence-corrected chi connectivity index (χ3v) is 4.59. The fraction of sp³-hybridized carbons (Fsp3) is 0.167. The fourth-order valence-corrected chi connectivity index (χ4v) is 2.97. The summed E-state index contributed by atoms with van der Waals surface area (Å²) in [4.78, 5) is 10.6. The molecule has 0 radical (unpaired) electrons. The summed E-state index contributed by atoms with van der Waals surface area (Å²) < 4.78 is 5.23. The first-order valence-electron chi connectivity index (χ1n) is 9.70. The zero-order chi connectivity index (χ0) is 22.4. The second kappa shape index (κ2) is 9.67. The van der Waals surface area contributed by atoms with Crippen molar-refractivity contribution in [3.05, 3.63) is 65.0 Å². The lowest BCUT2D eigenvalue weighted by molar-refractivity contribution is 0.379. The van der Waals surface area contributed by atoms with Crippen molar-refractivity contribution in [3.63, 3.8) is 0 Å². The SMILES string of the molecule is CNc1ccc(/C=C/c2cc(/C=C/c3ccc(N(C)C)c(O)c3)nc(OC)n2)cc1O. The first kappa shape index (κ1) is 21.7. The molecule has 0 unspecified atom stereocenters. The number of phenolic OH excluding ortho intramolecular Hbond substituents is 2. The van der Waals surface area contributed by atoms with E-state index in [1.54, 1.807) is 25.2 Å². The second-order valence-corrected chi connectivity index (χ2v) is 7.04. The van der Waals surface area contributed by atoms with Crippen LogP contribution in [0.15, 0.2) is 42.5 Å². The van der Waals surface area contributed by atoms with Crippen molar-refractivity contribution >= 4 is 35.7 Å². The number of aromatic hydroxyl groups is 2. The summed E-state index contributed by atoms with van der Waals surface area (Å²) in [5.41, 5.74) is 4.42. The van der Waals surface area contributed by atoms with Gasteiger partial charge >= 0.3 is 6.01 Å². The average molecular weight is 418 g/mol. The maximum Gasteiger partial charge on any atom is 0.317 e. The normalized spacial score (nSPS) is 11.2. The van der Waals surface area contributed by atoms with Crippen molar-refractivity contribution < 1.29 is 14.9 Å². The maximum atomic E-state index is 10.2. The Balaban J connectivity index is 1.84. The summed E-state index contributed by atoms with van der Waals surface area (Å²) in [6.07, 6.45) is 7.38. The molecule has 0 saturated heterocycles. The Labute approximate surface area is 182 Å². The van der Waals surface area contributed by atoms with Crippen LogP contribution in [0, 0.1) is 0 Å². The van der Waals surface area contributed by atoms with Gasteiger partial charge in [-0.1, -0.05) is 24.3 Å². The Morgan fingerprint density at radius 3 is 1.90 bits per heavy atom. The number of rotatable bonds is 7. The van der Waals surface area contributed by atoms with E-state index in [0.29, 0.717) is 17.1 Å². The number of benzene rings is 2. The molecule has 0 aliphatic rings. The van der Waals surface area contributed by atoms with Gasteiger partial charge in [-0.15, -0.1) is 0 Å². The Morgan fingerprint density at radius 2 is 1.42 bits per heavy atom. The number of methoxy groups -OCH3 is 1. The molecule has 0 fully saturated rings. The molecule has 0 bridgehead atoms. The van der Waals surface area contributed by atoms with Gasteiger partial charge in [-0.25, -0.2) is 0 Å². The van der Waals surface area contributed by atoms with Gasteiger partial charge in [0.2, 0.25) is 0 Å².